The van der Waals surface area contributed by atoms with E-state index in [-0.39, 0.29) is 43.2 Å². The first-order valence-electron chi connectivity index (χ1n) is 15.0. The molecule has 4 rings (SSSR count). The molecular formula is C32H43FN4O5. The van der Waals surface area contributed by atoms with Gasteiger partial charge in [0.25, 0.3) is 0 Å². The lowest BCUT2D eigenvalue weighted by molar-refractivity contribution is -0.144. The van der Waals surface area contributed by atoms with Crippen molar-refractivity contribution in [1.82, 2.24) is 15.1 Å². The van der Waals surface area contributed by atoms with E-state index in [9.17, 15) is 19.5 Å². The van der Waals surface area contributed by atoms with E-state index in [1.165, 1.54) is 6.07 Å². The molecule has 2 fully saturated rings. The second-order valence-corrected chi connectivity index (χ2v) is 11.5. The van der Waals surface area contributed by atoms with E-state index < -0.39 is 17.5 Å². The summed E-state index contributed by atoms with van der Waals surface area (Å²) in [5, 5.41) is 24.0. The molecule has 42 heavy (non-hydrogen) atoms. The van der Waals surface area contributed by atoms with Crippen molar-refractivity contribution in [2.24, 2.45) is 17.6 Å². The first kappa shape index (κ1) is 31.4. The van der Waals surface area contributed by atoms with E-state index in [2.05, 4.69) is 5.32 Å². The van der Waals surface area contributed by atoms with Crippen LogP contribution in [-0.2, 0) is 21.6 Å². The van der Waals surface area contributed by atoms with Crippen LogP contribution < -0.4 is 11.1 Å². The second kappa shape index (κ2) is 14.1. The Hall–Kier alpha value is -3.50. The van der Waals surface area contributed by atoms with Gasteiger partial charge in [-0.05, 0) is 67.7 Å². The number of carboxylic acid groups (broad SMARTS) is 1. The number of hydrogen-bond donors (Lipinski definition) is 4. The van der Waals surface area contributed by atoms with Gasteiger partial charge >= 0.3 is 6.09 Å². The maximum absolute atomic E-state index is 15.6. The number of halogens is 1. The summed E-state index contributed by atoms with van der Waals surface area (Å²) in [5.41, 5.74) is 6.51. The van der Waals surface area contributed by atoms with Crippen LogP contribution in [0.25, 0.3) is 11.1 Å². The summed E-state index contributed by atoms with van der Waals surface area (Å²) in [6, 6.07) is 12.4. The lowest BCUT2D eigenvalue weighted by Gasteiger charge is -2.45. The predicted octanol–water partition coefficient (Wildman–Crippen LogP) is 3.73. The highest BCUT2D eigenvalue weighted by Gasteiger charge is 2.44. The number of carbonyl (C=O) groups is 3. The van der Waals surface area contributed by atoms with Gasteiger partial charge in [0.2, 0.25) is 11.8 Å². The van der Waals surface area contributed by atoms with Gasteiger partial charge in [-0.2, -0.15) is 0 Å². The van der Waals surface area contributed by atoms with E-state index in [0.717, 1.165) is 12.0 Å². The summed E-state index contributed by atoms with van der Waals surface area (Å²) < 4.78 is 15.6. The van der Waals surface area contributed by atoms with Crippen molar-refractivity contribution in [2.75, 3.05) is 39.3 Å². The van der Waals surface area contributed by atoms with Gasteiger partial charge in [-0.3, -0.25) is 9.59 Å². The average molecular weight is 583 g/mol. The van der Waals surface area contributed by atoms with Crippen LogP contribution >= 0.6 is 0 Å². The molecule has 0 spiro atoms. The molecule has 0 unspecified atom stereocenters. The Morgan fingerprint density at radius 3 is 2.50 bits per heavy atom. The molecule has 2 aromatic rings. The predicted molar refractivity (Wildman–Crippen MR) is 158 cm³/mol. The van der Waals surface area contributed by atoms with Crippen LogP contribution in [0.2, 0.25) is 0 Å². The molecule has 2 saturated heterocycles. The minimum atomic E-state index is -1.50. The molecule has 2 aliphatic heterocycles. The zero-order valence-electron chi connectivity index (χ0n) is 24.4. The van der Waals surface area contributed by atoms with E-state index in [4.69, 9.17) is 10.8 Å². The van der Waals surface area contributed by atoms with Gasteiger partial charge < -0.3 is 31.1 Å². The highest BCUT2D eigenvalue weighted by atomic mass is 19.1. The molecule has 0 aromatic heterocycles. The summed E-state index contributed by atoms with van der Waals surface area (Å²) in [5.74, 6) is -1.12. The van der Waals surface area contributed by atoms with Crippen LogP contribution in [0.15, 0.2) is 42.5 Å². The van der Waals surface area contributed by atoms with E-state index in [1.54, 1.807) is 17.0 Å². The zero-order chi connectivity index (χ0) is 30.3. The van der Waals surface area contributed by atoms with Crippen LogP contribution in [0.1, 0.15) is 56.6 Å². The lowest BCUT2D eigenvalue weighted by atomic mass is 9.72. The standard InChI is InChI=1S/C32H43FN4O5/c1-2-22-7-3-8-24(19-22)29-26(10-4-11-27(29)33)32(42,14-6-15-35-31(40)41)25-9-5-16-37(21-25)30(39)23-12-17-36(18-13-23)28(38)20-34/h3-4,7-8,10-11,19,23,25,35,42H,2,5-6,9,12-18,20-21,34H2,1H3,(H,40,41)/t25-,32+/m1/s1. The maximum atomic E-state index is 15.6. The first-order valence-corrected chi connectivity index (χ1v) is 15.0. The fraction of sp³-hybridized carbons (Fsp3) is 0.531. The molecule has 3 amide bonds. The van der Waals surface area contributed by atoms with Gasteiger partial charge in [-0.15, -0.1) is 0 Å². The van der Waals surface area contributed by atoms with Crippen LogP contribution in [0.4, 0.5) is 9.18 Å². The van der Waals surface area contributed by atoms with Crippen LogP contribution in [-0.4, -0.2) is 77.2 Å². The number of aryl methyl sites for hydroxylation is 1. The minimum Gasteiger partial charge on any atom is -0.465 e. The highest BCUT2D eigenvalue weighted by Crippen LogP contribution is 2.44. The van der Waals surface area contributed by atoms with Crippen LogP contribution in [0.5, 0.6) is 0 Å². The number of amides is 3. The number of nitrogens with one attached hydrogen (secondary N) is 1. The number of aliphatic hydroxyl groups is 1. The lowest BCUT2D eigenvalue weighted by Crippen LogP contribution is -2.51. The van der Waals surface area contributed by atoms with Crippen molar-refractivity contribution < 1.29 is 29.0 Å². The van der Waals surface area contributed by atoms with Gasteiger partial charge in [0.15, 0.2) is 0 Å². The molecule has 228 valence electrons. The third kappa shape index (κ3) is 7.10. The normalized spacial score (nSPS) is 19.3. The summed E-state index contributed by atoms with van der Waals surface area (Å²) in [7, 11) is 0. The number of carbonyl (C=O) groups excluding carboxylic acids is 2. The quantitative estimate of drug-likeness (QED) is 0.315. The summed E-state index contributed by atoms with van der Waals surface area (Å²) in [6.07, 6.45) is 2.64. The summed E-state index contributed by atoms with van der Waals surface area (Å²) in [4.78, 5) is 40.2. The topological polar surface area (TPSA) is 136 Å². The maximum Gasteiger partial charge on any atom is 0.404 e. The largest absolute Gasteiger partial charge is 0.465 e. The number of nitrogens with two attached hydrogens (primary N) is 1. The van der Waals surface area contributed by atoms with Crippen molar-refractivity contribution >= 4 is 17.9 Å². The number of nitrogens with zero attached hydrogens (tertiary/aromatic N) is 2. The molecule has 9 nitrogen and oxygen atoms in total. The molecule has 2 heterocycles. The smallest absolute Gasteiger partial charge is 0.404 e. The number of hydrogen-bond acceptors (Lipinski definition) is 5. The van der Waals surface area contributed by atoms with Gasteiger partial charge in [0.1, 0.15) is 5.82 Å². The Balaban J connectivity index is 1.63. The Morgan fingerprint density at radius 1 is 1.07 bits per heavy atom. The number of benzene rings is 2. The fourth-order valence-corrected chi connectivity index (χ4v) is 6.57. The van der Waals surface area contributed by atoms with E-state index in [1.807, 2.05) is 36.1 Å². The Kier molecular flexibility index (Phi) is 10.6. The fourth-order valence-electron chi connectivity index (χ4n) is 6.57. The molecule has 0 bridgehead atoms. The molecule has 0 saturated carbocycles. The SMILES string of the molecule is CCc1cccc(-c2c(F)cccc2[C@](O)(CCCNC(=O)O)[C@@H]2CCCN(C(=O)C3CCN(C(=O)CN)CC3)C2)c1. The number of rotatable bonds is 10. The number of piperidine rings is 2. The minimum absolute atomic E-state index is 0.0181. The molecule has 10 heteroatoms. The summed E-state index contributed by atoms with van der Waals surface area (Å²) >= 11 is 0. The van der Waals surface area contributed by atoms with Gasteiger partial charge in [0.05, 0.1) is 12.1 Å². The van der Waals surface area contributed by atoms with E-state index in [0.29, 0.717) is 75.0 Å². The Labute approximate surface area is 246 Å². The van der Waals surface area contributed by atoms with Gasteiger partial charge in [0, 0.05) is 50.1 Å². The second-order valence-electron chi connectivity index (χ2n) is 11.5. The molecule has 5 N–H and O–H groups in total. The van der Waals surface area contributed by atoms with Crippen molar-refractivity contribution in [2.45, 2.75) is 57.5 Å². The molecule has 2 aliphatic rings. The van der Waals surface area contributed by atoms with Crippen molar-refractivity contribution in [3.05, 3.63) is 59.4 Å². The first-order chi connectivity index (χ1) is 20.2. The highest BCUT2D eigenvalue weighted by molar-refractivity contribution is 5.81. The average Bonchev–Trinajstić information content (AvgIpc) is 3.02. The van der Waals surface area contributed by atoms with Crippen LogP contribution in [0.3, 0.4) is 0 Å². The third-order valence-corrected chi connectivity index (χ3v) is 8.89. The molecule has 0 radical (unpaired) electrons. The van der Waals surface area contributed by atoms with Gasteiger partial charge in [-0.25, -0.2) is 9.18 Å². The molecular weight excluding hydrogens is 539 g/mol. The molecule has 2 aromatic carbocycles. The van der Waals surface area contributed by atoms with E-state index >= 15 is 4.39 Å². The van der Waals surface area contributed by atoms with Gasteiger partial charge in [-0.1, -0.05) is 43.3 Å². The van der Waals surface area contributed by atoms with Crippen molar-refractivity contribution in [3.63, 3.8) is 0 Å². The molecule has 0 aliphatic carbocycles. The number of likely N-dealkylation sites (tertiary alicyclic amines) is 2. The van der Waals surface area contributed by atoms with Crippen LogP contribution in [0, 0.1) is 17.7 Å². The zero-order valence-corrected chi connectivity index (χ0v) is 24.4. The Morgan fingerprint density at radius 2 is 1.81 bits per heavy atom. The Bertz CT molecular complexity index is 1270. The van der Waals surface area contributed by atoms with Crippen molar-refractivity contribution in [1.29, 1.82) is 0 Å². The molecule has 2 atom stereocenters. The monoisotopic (exact) mass is 582 g/mol. The van der Waals surface area contributed by atoms with Crippen molar-refractivity contribution in [3.8, 4) is 11.1 Å². The summed E-state index contributed by atoms with van der Waals surface area (Å²) in [6.45, 7) is 4.00. The third-order valence-electron chi connectivity index (χ3n) is 8.89.